The number of nitrogens with zero attached hydrogens (tertiary/aromatic N) is 1. The first-order valence-corrected chi connectivity index (χ1v) is 10.6. The topological polar surface area (TPSA) is 58.3 Å². The summed E-state index contributed by atoms with van der Waals surface area (Å²) in [6.45, 7) is 6.43. The van der Waals surface area contributed by atoms with Crippen LogP contribution < -0.4 is 20.0 Å². The zero-order chi connectivity index (χ0) is 21.1. The van der Waals surface area contributed by atoms with Gasteiger partial charge in [0.1, 0.15) is 32.0 Å². The molecule has 30 heavy (non-hydrogen) atoms. The molecule has 3 N–H and O–H groups in total. The fraction of sp³-hybridized carbons (Fsp3) is 0.391. The van der Waals surface area contributed by atoms with Crippen molar-refractivity contribution in [3.8, 4) is 0 Å². The van der Waals surface area contributed by atoms with Gasteiger partial charge in [-0.15, -0.1) is 0 Å². The molecule has 6 nitrogen and oxygen atoms in total. The van der Waals surface area contributed by atoms with E-state index in [4.69, 9.17) is 0 Å². The number of para-hydroxylation sites is 1. The molecule has 0 spiro atoms. The Morgan fingerprint density at radius 3 is 2.33 bits per heavy atom. The van der Waals surface area contributed by atoms with Crippen molar-refractivity contribution in [3.63, 3.8) is 0 Å². The van der Waals surface area contributed by atoms with E-state index in [-0.39, 0.29) is 23.7 Å². The monoisotopic (exact) mass is 412 g/mol. The van der Waals surface area contributed by atoms with Gasteiger partial charge in [-0.25, -0.2) is 4.39 Å². The van der Waals surface area contributed by atoms with E-state index in [1.54, 1.807) is 12.1 Å². The molecule has 0 saturated carbocycles. The molecule has 2 amide bonds. The van der Waals surface area contributed by atoms with Gasteiger partial charge in [-0.05, 0) is 49.2 Å². The van der Waals surface area contributed by atoms with Crippen LogP contribution in [0.5, 0.6) is 0 Å². The van der Waals surface area contributed by atoms with E-state index in [1.807, 2.05) is 23.1 Å². The summed E-state index contributed by atoms with van der Waals surface area (Å²) < 4.78 is 13.0. The first-order valence-electron chi connectivity index (χ1n) is 10.6. The van der Waals surface area contributed by atoms with Gasteiger partial charge in [-0.1, -0.05) is 18.2 Å². The summed E-state index contributed by atoms with van der Waals surface area (Å²) in [5, 5.41) is 2.82. The third-order valence-corrected chi connectivity index (χ3v) is 6.08. The van der Waals surface area contributed by atoms with Crippen LogP contribution in [0.1, 0.15) is 12.5 Å². The molecule has 0 aliphatic carbocycles. The van der Waals surface area contributed by atoms with Crippen LogP contribution in [0.15, 0.2) is 48.5 Å². The maximum atomic E-state index is 13.0. The Hall–Kier alpha value is -2.77. The lowest BCUT2D eigenvalue weighted by Gasteiger charge is -2.31. The zero-order valence-corrected chi connectivity index (χ0v) is 17.3. The van der Waals surface area contributed by atoms with Crippen LogP contribution in [0.25, 0.3) is 0 Å². The van der Waals surface area contributed by atoms with Crippen molar-refractivity contribution in [2.24, 2.45) is 0 Å². The summed E-state index contributed by atoms with van der Waals surface area (Å²) in [5.74, 6) is -0.210. The number of fused-ring (bicyclic) bond motifs is 1. The molecule has 2 aliphatic heterocycles. The highest BCUT2D eigenvalue weighted by molar-refractivity contribution is 5.96. The normalized spacial score (nSPS) is 23.1. The number of carbonyl (C=O) groups is 2. The number of hydrogen-bond acceptors (Lipinski definition) is 2. The predicted molar refractivity (Wildman–Crippen MR) is 113 cm³/mol. The fourth-order valence-electron chi connectivity index (χ4n) is 4.52. The number of halogens is 1. The molecule has 158 valence electrons. The highest BCUT2D eigenvalue weighted by Gasteiger charge is 2.34. The van der Waals surface area contributed by atoms with Crippen molar-refractivity contribution in [3.05, 3.63) is 59.9 Å². The second-order valence-electron chi connectivity index (χ2n) is 8.35. The average Bonchev–Trinajstić information content (AvgIpc) is 3.07. The molecule has 0 aromatic heterocycles. The standard InChI is InChI=1S/C23H27FN4O2/c1-17-14-18-4-2-3-5-21(18)28(17)23(30)16-27-12-10-26(11-13-27)15-22(29)25-20-8-6-19(24)7-9-20/h2-9,17H,10-16H2,1H3,(H,25,29)/p+2/t17-/m0/s1. The highest BCUT2D eigenvalue weighted by atomic mass is 19.1. The summed E-state index contributed by atoms with van der Waals surface area (Å²) >= 11 is 0. The Labute approximate surface area is 176 Å². The van der Waals surface area contributed by atoms with Crippen LogP contribution in [0, 0.1) is 5.82 Å². The van der Waals surface area contributed by atoms with Gasteiger partial charge in [0, 0.05) is 17.4 Å². The SMILES string of the molecule is C[C@H]1Cc2ccccc2N1C(=O)C[NH+]1CC[NH+](CC(=O)Nc2ccc(F)cc2)CC1. The average molecular weight is 413 g/mol. The van der Waals surface area contributed by atoms with Crippen LogP contribution in [0.4, 0.5) is 15.8 Å². The number of benzene rings is 2. The second kappa shape index (κ2) is 8.93. The van der Waals surface area contributed by atoms with Gasteiger partial charge >= 0.3 is 0 Å². The minimum Gasteiger partial charge on any atom is -0.321 e. The van der Waals surface area contributed by atoms with Gasteiger partial charge in [-0.3, -0.25) is 9.59 Å². The molecule has 0 bridgehead atoms. The Morgan fingerprint density at radius 2 is 1.63 bits per heavy atom. The van der Waals surface area contributed by atoms with Crippen molar-refractivity contribution in [2.45, 2.75) is 19.4 Å². The number of nitrogens with one attached hydrogen (secondary N) is 3. The molecule has 0 unspecified atom stereocenters. The van der Waals surface area contributed by atoms with Crippen molar-refractivity contribution < 1.29 is 23.8 Å². The zero-order valence-electron chi connectivity index (χ0n) is 17.3. The summed E-state index contributed by atoms with van der Waals surface area (Å²) in [6.07, 6.45) is 0.915. The van der Waals surface area contributed by atoms with Gasteiger partial charge in [0.15, 0.2) is 13.1 Å². The lowest BCUT2D eigenvalue weighted by molar-refractivity contribution is -1.00. The second-order valence-corrected chi connectivity index (χ2v) is 8.35. The smallest absolute Gasteiger partial charge is 0.282 e. The van der Waals surface area contributed by atoms with Crippen LogP contribution in [0.3, 0.4) is 0 Å². The van der Waals surface area contributed by atoms with Crippen LogP contribution in [-0.2, 0) is 16.0 Å². The molecule has 2 heterocycles. The number of carbonyl (C=O) groups excluding carboxylic acids is 2. The van der Waals surface area contributed by atoms with Crippen molar-refractivity contribution in [1.82, 2.24) is 0 Å². The van der Waals surface area contributed by atoms with Gasteiger partial charge in [0.25, 0.3) is 11.8 Å². The van der Waals surface area contributed by atoms with Crippen molar-refractivity contribution in [2.75, 3.05) is 49.5 Å². The minimum atomic E-state index is -0.320. The molecule has 1 atom stereocenters. The number of hydrogen-bond donors (Lipinski definition) is 3. The van der Waals surface area contributed by atoms with Crippen molar-refractivity contribution >= 4 is 23.2 Å². The third kappa shape index (κ3) is 4.68. The van der Waals surface area contributed by atoms with Crippen LogP contribution >= 0.6 is 0 Å². The summed E-state index contributed by atoms with van der Waals surface area (Å²) in [5.41, 5.74) is 2.90. The summed E-state index contributed by atoms with van der Waals surface area (Å²) in [6, 6.07) is 14.2. The van der Waals surface area contributed by atoms with Crippen molar-refractivity contribution in [1.29, 1.82) is 0 Å². The summed E-state index contributed by atoms with van der Waals surface area (Å²) in [7, 11) is 0. The Kier molecular flexibility index (Phi) is 6.11. The molecule has 1 saturated heterocycles. The molecular formula is C23H29FN4O2+2. The maximum Gasteiger partial charge on any atom is 0.282 e. The van der Waals surface area contributed by atoms with Gasteiger partial charge < -0.3 is 20.0 Å². The molecule has 2 aromatic carbocycles. The number of quaternary nitrogens is 2. The lowest BCUT2D eigenvalue weighted by atomic mass is 10.1. The van der Waals surface area contributed by atoms with E-state index in [2.05, 4.69) is 18.3 Å². The van der Waals surface area contributed by atoms with E-state index in [9.17, 15) is 14.0 Å². The molecule has 2 aliphatic rings. The van der Waals surface area contributed by atoms with Crippen LogP contribution in [-0.4, -0.2) is 57.1 Å². The van der Waals surface area contributed by atoms with E-state index in [1.165, 1.54) is 27.5 Å². The quantitative estimate of drug-likeness (QED) is 0.622. The van der Waals surface area contributed by atoms with E-state index >= 15 is 0 Å². The lowest BCUT2D eigenvalue weighted by Crippen LogP contribution is -3.28. The van der Waals surface area contributed by atoms with Crippen LogP contribution in [0.2, 0.25) is 0 Å². The predicted octanol–water partition coefficient (Wildman–Crippen LogP) is -0.475. The molecule has 2 aromatic rings. The first kappa shape index (κ1) is 20.5. The van der Waals surface area contributed by atoms with E-state index in [0.29, 0.717) is 18.8 Å². The van der Waals surface area contributed by atoms with E-state index in [0.717, 1.165) is 38.3 Å². The third-order valence-electron chi connectivity index (χ3n) is 6.08. The fourth-order valence-corrected chi connectivity index (χ4v) is 4.52. The Balaban J connectivity index is 1.24. The number of rotatable bonds is 5. The van der Waals surface area contributed by atoms with Gasteiger partial charge in [0.05, 0.1) is 0 Å². The molecule has 1 fully saturated rings. The first-order chi connectivity index (χ1) is 14.5. The van der Waals surface area contributed by atoms with Gasteiger partial charge in [-0.2, -0.15) is 0 Å². The molecule has 0 radical (unpaired) electrons. The number of anilines is 2. The molecular weight excluding hydrogens is 383 g/mol. The summed E-state index contributed by atoms with van der Waals surface area (Å²) in [4.78, 5) is 29.7. The highest BCUT2D eigenvalue weighted by Crippen LogP contribution is 2.31. The van der Waals surface area contributed by atoms with Gasteiger partial charge in [0.2, 0.25) is 0 Å². The number of amides is 2. The molecule has 4 rings (SSSR count). The van der Waals surface area contributed by atoms with E-state index < -0.39 is 0 Å². The largest absolute Gasteiger partial charge is 0.321 e. The Morgan fingerprint density at radius 1 is 1.00 bits per heavy atom. The minimum absolute atomic E-state index is 0.0707. The maximum absolute atomic E-state index is 13.0. The number of piperazine rings is 1. The molecule has 7 heteroatoms. The Bertz CT molecular complexity index is 910.